The standard InChI is InChI=1S/C14H12BrFN2O2/c1-20-14(19)12-5-11(16)2-3-13(12)18-7-9-4-10(15)8-17-6-9/h2-6,8,18H,7H2,1H3. The van der Waals surface area contributed by atoms with Crippen LogP contribution in [0.2, 0.25) is 0 Å². The van der Waals surface area contributed by atoms with E-state index >= 15 is 0 Å². The van der Waals surface area contributed by atoms with Crippen LogP contribution in [-0.4, -0.2) is 18.1 Å². The van der Waals surface area contributed by atoms with Crippen molar-refractivity contribution in [2.75, 3.05) is 12.4 Å². The zero-order valence-corrected chi connectivity index (χ0v) is 12.3. The number of rotatable bonds is 4. The van der Waals surface area contributed by atoms with Gasteiger partial charge in [-0.05, 0) is 45.8 Å². The Bertz CT molecular complexity index is 634. The fourth-order valence-electron chi connectivity index (χ4n) is 1.70. The summed E-state index contributed by atoms with van der Waals surface area (Å²) in [6.45, 7) is 0.460. The monoisotopic (exact) mass is 338 g/mol. The number of esters is 1. The van der Waals surface area contributed by atoms with Crippen LogP contribution in [0.4, 0.5) is 10.1 Å². The second kappa shape index (κ2) is 6.47. The number of benzene rings is 1. The number of aromatic nitrogens is 1. The predicted octanol–water partition coefficient (Wildman–Crippen LogP) is 3.38. The van der Waals surface area contributed by atoms with E-state index in [0.29, 0.717) is 12.2 Å². The summed E-state index contributed by atoms with van der Waals surface area (Å²) in [6, 6.07) is 5.84. The highest BCUT2D eigenvalue weighted by molar-refractivity contribution is 9.10. The van der Waals surface area contributed by atoms with E-state index in [1.54, 1.807) is 12.4 Å². The molecule has 0 bridgehead atoms. The number of carbonyl (C=O) groups excluding carboxylic acids is 1. The molecule has 0 aliphatic carbocycles. The molecular weight excluding hydrogens is 327 g/mol. The molecule has 0 aliphatic rings. The Balaban J connectivity index is 2.19. The zero-order valence-electron chi connectivity index (χ0n) is 10.7. The van der Waals surface area contributed by atoms with E-state index in [0.717, 1.165) is 16.1 Å². The summed E-state index contributed by atoms with van der Waals surface area (Å²) < 4.78 is 18.7. The van der Waals surface area contributed by atoms with E-state index in [1.165, 1.54) is 19.2 Å². The van der Waals surface area contributed by atoms with Gasteiger partial charge in [-0.25, -0.2) is 9.18 Å². The van der Waals surface area contributed by atoms with Gasteiger partial charge in [-0.3, -0.25) is 4.98 Å². The van der Waals surface area contributed by atoms with E-state index in [-0.39, 0.29) is 5.56 Å². The third-order valence-electron chi connectivity index (χ3n) is 2.63. The molecule has 0 atom stereocenters. The van der Waals surface area contributed by atoms with Crippen LogP contribution in [0.15, 0.2) is 41.1 Å². The molecule has 0 radical (unpaired) electrons. The van der Waals surface area contributed by atoms with Crippen molar-refractivity contribution in [2.45, 2.75) is 6.54 Å². The van der Waals surface area contributed by atoms with Gasteiger partial charge in [0.1, 0.15) is 5.82 Å². The normalized spacial score (nSPS) is 10.2. The zero-order chi connectivity index (χ0) is 14.5. The van der Waals surface area contributed by atoms with Crippen molar-refractivity contribution in [3.8, 4) is 0 Å². The van der Waals surface area contributed by atoms with Crippen LogP contribution in [0.3, 0.4) is 0 Å². The average Bonchev–Trinajstić information content (AvgIpc) is 2.45. The van der Waals surface area contributed by atoms with Gasteiger partial charge in [-0.1, -0.05) is 0 Å². The fourth-order valence-corrected chi connectivity index (χ4v) is 2.11. The summed E-state index contributed by atoms with van der Waals surface area (Å²) in [5, 5.41) is 3.07. The molecule has 6 heteroatoms. The highest BCUT2D eigenvalue weighted by atomic mass is 79.9. The minimum atomic E-state index is -0.584. The Kier molecular flexibility index (Phi) is 4.68. The lowest BCUT2D eigenvalue weighted by molar-refractivity contribution is 0.0601. The number of methoxy groups -OCH3 is 1. The Morgan fingerprint density at radius 3 is 2.90 bits per heavy atom. The van der Waals surface area contributed by atoms with Crippen molar-refractivity contribution in [1.82, 2.24) is 4.98 Å². The number of carbonyl (C=O) groups is 1. The summed E-state index contributed by atoms with van der Waals surface area (Å²) >= 11 is 3.33. The number of nitrogens with one attached hydrogen (secondary N) is 1. The number of hydrogen-bond acceptors (Lipinski definition) is 4. The molecule has 2 rings (SSSR count). The molecule has 104 valence electrons. The van der Waals surface area contributed by atoms with Gasteiger partial charge in [0.05, 0.1) is 12.7 Å². The van der Waals surface area contributed by atoms with Crippen LogP contribution in [-0.2, 0) is 11.3 Å². The number of anilines is 1. The van der Waals surface area contributed by atoms with Crippen molar-refractivity contribution >= 4 is 27.6 Å². The summed E-state index contributed by atoms with van der Waals surface area (Å²) in [7, 11) is 1.26. The van der Waals surface area contributed by atoms with E-state index in [2.05, 4.69) is 31.0 Å². The smallest absolute Gasteiger partial charge is 0.340 e. The van der Waals surface area contributed by atoms with Gasteiger partial charge in [0.2, 0.25) is 0 Å². The molecular formula is C14H12BrFN2O2. The van der Waals surface area contributed by atoms with Crippen molar-refractivity contribution in [3.05, 3.63) is 58.1 Å². The summed E-state index contributed by atoms with van der Waals surface area (Å²) in [5.74, 6) is -1.07. The first-order valence-electron chi connectivity index (χ1n) is 5.81. The van der Waals surface area contributed by atoms with Crippen LogP contribution in [0.1, 0.15) is 15.9 Å². The van der Waals surface area contributed by atoms with Gasteiger partial charge in [0, 0.05) is 29.1 Å². The highest BCUT2D eigenvalue weighted by Gasteiger charge is 2.12. The molecule has 0 saturated heterocycles. The van der Waals surface area contributed by atoms with Gasteiger partial charge < -0.3 is 10.1 Å². The molecule has 0 fully saturated rings. The SMILES string of the molecule is COC(=O)c1cc(F)ccc1NCc1cncc(Br)c1. The molecule has 4 nitrogen and oxygen atoms in total. The number of nitrogens with zero attached hydrogens (tertiary/aromatic N) is 1. The van der Waals surface area contributed by atoms with Gasteiger partial charge in [-0.15, -0.1) is 0 Å². The number of pyridine rings is 1. The van der Waals surface area contributed by atoms with E-state index in [1.807, 2.05) is 6.07 Å². The highest BCUT2D eigenvalue weighted by Crippen LogP contribution is 2.19. The van der Waals surface area contributed by atoms with Crippen molar-refractivity contribution in [1.29, 1.82) is 0 Å². The van der Waals surface area contributed by atoms with Gasteiger partial charge in [-0.2, -0.15) is 0 Å². The Labute approximate surface area is 124 Å². The summed E-state index contributed by atoms with van der Waals surface area (Å²) in [4.78, 5) is 15.6. The molecule has 2 aromatic rings. The molecule has 0 saturated carbocycles. The van der Waals surface area contributed by atoms with E-state index < -0.39 is 11.8 Å². The van der Waals surface area contributed by atoms with Gasteiger partial charge >= 0.3 is 5.97 Å². The van der Waals surface area contributed by atoms with Crippen LogP contribution in [0.25, 0.3) is 0 Å². The van der Waals surface area contributed by atoms with Gasteiger partial charge in [0.25, 0.3) is 0 Å². The van der Waals surface area contributed by atoms with Crippen molar-refractivity contribution in [3.63, 3.8) is 0 Å². The molecule has 20 heavy (non-hydrogen) atoms. The maximum absolute atomic E-state index is 13.2. The molecule has 1 aromatic carbocycles. The summed E-state index contributed by atoms with van der Waals surface area (Å²) in [5.41, 5.74) is 1.60. The molecule has 0 aliphatic heterocycles. The van der Waals surface area contributed by atoms with E-state index in [4.69, 9.17) is 0 Å². The third-order valence-corrected chi connectivity index (χ3v) is 3.07. The maximum atomic E-state index is 13.2. The molecule has 0 unspecified atom stereocenters. The number of hydrogen-bond donors (Lipinski definition) is 1. The molecule has 0 spiro atoms. The van der Waals surface area contributed by atoms with E-state index in [9.17, 15) is 9.18 Å². The Hall–Kier alpha value is -1.95. The van der Waals surface area contributed by atoms with Crippen LogP contribution < -0.4 is 5.32 Å². The minimum Gasteiger partial charge on any atom is -0.465 e. The second-order valence-corrected chi connectivity index (χ2v) is 4.96. The molecule has 1 aromatic heterocycles. The number of halogens is 2. The first kappa shape index (κ1) is 14.5. The Morgan fingerprint density at radius 1 is 1.40 bits per heavy atom. The lowest BCUT2D eigenvalue weighted by Crippen LogP contribution is -2.09. The first-order chi connectivity index (χ1) is 9.60. The predicted molar refractivity (Wildman–Crippen MR) is 77.0 cm³/mol. The van der Waals surface area contributed by atoms with Crippen molar-refractivity contribution in [2.24, 2.45) is 0 Å². The topological polar surface area (TPSA) is 51.2 Å². The third kappa shape index (κ3) is 3.54. The minimum absolute atomic E-state index is 0.162. The van der Waals surface area contributed by atoms with Crippen LogP contribution in [0, 0.1) is 5.82 Å². The van der Waals surface area contributed by atoms with Crippen LogP contribution >= 0.6 is 15.9 Å². The summed E-state index contributed by atoms with van der Waals surface area (Å²) in [6.07, 6.45) is 3.39. The quantitative estimate of drug-likeness (QED) is 0.868. The molecule has 1 heterocycles. The second-order valence-electron chi connectivity index (χ2n) is 4.05. The lowest BCUT2D eigenvalue weighted by atomic mass is 10.1. The first-order valence-corrected chi connectivity index (χ1v) is 6.60. The fraction of sp³-hybridized carbons (Fsp3) is 0.143. The average molecular weight is 339 g/mol. The van der Waals surface area contributed by atoms with Crippen molar-refractivity contribution < 1.29 is 13.9 Å². The van der Waals surface area contributed by atoms with Gasteiger partial charge in [0.15, 0.2) is 0 Å². The number of ether oxygens (including phenoxy) is 1. The molecule has 0 amide bonds. The largest absolute Gasteiger partial charge is 0.465 e. The Morgan fingerprint density at radius 2 is 2.20 bits per heavy atom. The lowest BCUT2D eigenvalue weighted by Gasteiger charge is -2.11. The molecule has 1 N–H and O–H groups in total. The van der Waals surface area contributed by atoms with Crippen LogP contribution in [0.5, 0.6) is 0 Å². The maximum Gasteiger partial charge on any atom is 0.340 e.